The van der Waals surface area contributed by atoms with Crippen LogP contribution in [-0.4, -0.2) is 11.1 Å². The number of benzene rings is 3. The van der Waals surface area contributed by atoms with Crippen LogP contribution in [0, 0.1) is 0 Å². The number of fused-ring (bicyclic) bond motifs is 2. The zero-order valence-corrected chi connectivity index (χ0v) is 19.4. The molecule has 1 N–H and O–H groups in total. The average molecular weight is 432 g/mol. The van der Waals surface area contributed by atoms with Crippen molar-refractivity contribution in [1.82, 2.24) is 5.09 Å². The minimum atomic E-state index is -3.52. The Labute approximate surface area is 184 Å². The predicted octanol–water partition coefficient (Wildman–Crippen LogP) is 5.66. The Hall–Kier alpha value is -2.48. The third kappa shape index (κ3) is 2.24. The summed E-state index contributed by atoms with van der Waals surface area (Å²) in [6.07, 6.45) is 3.14. The summed E-state index contributed by atoms with van der Waals surface area (Å²) in [5.41, 5.74) is 1.40. The second-order valence-corrected chi connectivity index (χ2v) is 13.7. The van der Waals surface area contributed by atoms with Gasteiger partial charge in [0.15, 0.2) is 0 Å². The van der Waals surface area contributed by atoms with E-state index in [0.717, 1.165) is 35.4 Å². The van der Waals surface area contributed by atoms with E-state index < -0.39 is 12.6 Å². The summed E-state index contributed by atoms with van der Waals surface area (Å²) < 4.78 is 7.34. The van der Waals surface area contributed by atoms with Crippen molar-refractivity contribution in [1.29, 1.82) is 0 Å². The molecule has 5 rings (SSSR count). The summed E-state index contributed by atoms with van der Waals surface area (Å²) in [6, 6.07) is 29.0. The van der Waals surface area contributed by atoms with Crippen molar-refractivity contribution in [2.24, 2.45) is 0 Å². The molecule has 1 saturated heterocycles. The molecule has 3 aromatic rings. The number of carbonyl (C=O) groups is 1. The fourth-order valence-corrected chi connectivity index (χ4v) is 13.2. The van der Waals surface area contributed by atoms with Gasteiger partial charge in [0, 0.05) is 0 Å². The van der Waals surface area contributed by atoms with Gasteiger partial charge >= 0.3 is 185 Å². The summed E-state index contributed by atoms with van der Waals surface area (Å²) in [7, 11) is 0. The van der Waals surface area contributed by atoms with Crippen LogP contribution in [0.25, 0.3) is 0 Å². The molecular weight excluding hydrogens is 401 g/mol. The van der Waals surface area contributed by atoms with Crippen molar-refractivity contribution in [2.75, 3.05) is 0 Å². The number of unbranched alkanes of at least 4 members (excludes halogenated alkanes) is 1. The van der Waals surface area contributed by atoms with Crippen LogP contribution in [0.1, 0.15) is 56.0 Å². The Morgan fingerprint density at radius 3 is 2.16 bits per heavy atom. The van der Waals surface area contributed by atoms with Crippen LogP contribution in [0.5, 0.6) is 0 Å². The van der Waals surface area contributed by atoms with Crippen molar-refractivity contribution in [2.45, 2.75) is 50.8 Å². The fraction of sp³-hybridized carbons (Fsp3) is 0.296. The third-order valence-electron chi connectivity index (χ3n) is 7.85. The molecule has 2 aliphatic rings. The van der Waals surface area contributed by atoms with Crippen LogP contribution in [-0.2, 0) is 10.1 Å². The van der Waals surface area contributed by atoms with E-state index in [2.05, 4.69) is 80.5 Å². The molecule has 2 atom stereocenters. The van der Waals surface area contributed by atoms with E-state index in [1.165, 1.54) is 5.56 Å². The third-order valence-corrected chi connectivity index (χ3v) is 14.3. The van der Waals surface area contributed by atoms with Gasteiger partial charge in [-0.05, 0) is 0 Å². The van der Waals surface area contributed by atoms with Gasteiger partial charge < -0.3 is 0 Å². The summed E-state index contributed by atoms with van der Waals surface area (Å²) in [5, 5.41) is 5.43. The van der Waals surface area contributed by atoms with Crippen molar-refractivity contribution < 1.29 is 9.32 Å². The summed E-state index contributed by atoms with van der Waals surface area (Å²) in [4.78, 5) is 13.4. The van der Waals surface area contributed by atoms with Crippen molar-refractivity contribution in [3.8, 4) is 0 Å². The molecule has 4 heteroatoms. The van der Waals surface area contributed by atoms with E-state index in [9.17, 15) is 4.79 Å². The van der Waals surface area contributed by atoms with Crippen LogP contribution in [0.3, 0.4) is 0 Å². The number of carbonyl (C=O) groups excluding carboxylic acids is 1. The zero-order valence-electron chi connectivity index (χ0n) is 18.5. The van der Waals surface area contributed by atoms with Crippen LogP contribution >= 0.6 is 6.98 Å². The molecule has 0 saturated carbocycles. The normalized spacial score (nSPS) is 28.7. The molecule has 2 heterocycles. The first-order chi connectivity index (χ1) is 14.9. The first-order valence-electron chi connectivity index (χ1n) is 11.2. The first-order valence-corrected chi connectivity index (χ1v) is 13.3. The van der Waals surface area contributed by atoms with Gasteiger partial charge in [0.1, 0.15) is 0 Å². The zero-order chi connectivity index (χ0) is 21.8. The number of hydrogen-bond donors (Lipinski definition) is 1. The summed E-state index contributed by atoms with van der Waals surface area (Å²) >= 11 is 0. The monoisotopic (exact) mass is 431 g/mol. The van der Waals surface area contributed by atoms with E-state index >= 15 is 0 Å². The Morgan fingerprint density at radius 2 is 1.48 bits per heavy atom. The fourth-order valence-electron chi connectivity index (χ4n) is 6.09. The molecule has 0 aromatic heterocycles. The number of rotatable bonds is 5. The second kappa shape index (κ2) is 6.76. The quantitative estimate of drug-likeness (QED) is 0.530. The van der Waals surface area contributed by atoms with E-state index in [1.54, 1.807) is 0 Å². The molecule has 1 fully saturated rings. The summed E-state index contributed by atoms with van der Waals surface area (Å²) in [6.45, 7) is 3.28. The number of amides is 1. The van der Waals surface area contributed by atoms with E-state index in [-0.39, 0.29) is 11.1 Å². The maximum absolute atomic E-state index is 13.4. The SMILES string of the molecule is CCCCC1(C)C(C)(c2ccccc2)OP12(c1ccccc1)NC(=O)c1ccccc12. The van der Waals surface area contributed by atoms with E-state index in [1.807, 2.05) is 30.3 Å². The van der Waals surface area contributed by atoms with Crippen molar-refractivity contribution >= 4 is 23.5 Å². The Bertz CT molecular complexity index is 1150. The van der Waals surface area contributed by atoms with Crippen LogP contribution in [0.2, 0.25) is 0 Å². The molecule has 3 nitrogen and oxygen atoms in total. The molecule has 1 spiro atoms. The molecule has 31 heavy (non-hydrogen) atoms. The molecule has 0 radical (unpaired) electrons. The van der Waals surface area contributed by atoms with Crippen molar-refractivity contribution in [3.05, 3.63) is 96.1 Å². The van der Waals surface area contributed by atoms with Crippen LogP contribution in [0.15, 0.2) is 84.9 Å². The molecule has 160 valence electrons. The van der Waals surface area contributed by atoms with Gasteiger partial charge in [-0.2, -0.15) is 0 Å². The first kappa shape index (κ1) is 20.4. The second-order valence-electron chi connectivity index (χ2n) is 9.20. The average Bonchev–Trinajstić information content (AvgIpc) is 3.10. The van der Waals surface area contributed by atoms with E-state index in [0.29, 0.717) is 0 Å². The molecule has 1 amide bonds. The van der Waals surface area contributed by atoms with Crippen molar-refractivity contribution in [3.63, 3.8) is 0 Å². The van der Waals surface area contributed by atoms with Gasteiger partial charge in [-0.1, -0.05) is 0 Å². The van der Waals surface area contributed by atoms with Gasteiger partial charge in [-0.15, -0.1) is 0 Å². The molecule has 0 bridgehead atoms. The Morgan fingerprint density at radius 1 is 0.871 bits per heavy atom. The predicted molar refractivity (Wildman–Crippen MR) is 129 cm³/mol. The van der Waals surface area contributed by atoms with Gasteiger partial charge in [0.2, 0.25) is 0 Å². The van der Waals surface area contributed by atoms with Crippen LogP contribution < -0.4 is 15.7 Å². The van der Waals surface area contributed by atoms with Gasteiger partial charge in [0.25, 0.3) is 0 Å². The van der Waals surface area contributed by atoms with Gasteiger partial charge in [-0.25, -0.2) is 0 Å². The molecule has 2 unspecified atom stereocenters. The van der Waals surface area contributed by atoms with Crippen LogP contribution in [0.4, 0.5) is 0 Å². The van der Waals surface area contributed by atoms with Gasteiger partial charge in [-0.3, -0.25) is 0 Å². The molecule has 0 aliphatic carbocycles. The molecular formula is C27H30NO2P. The molecule has 3 aromatic carbocycles. The maximum atomic E-state index is 13.4. The Balaban J connectivity index is 1.86. The summed E-state index contributed by atoms with van der Waals surface area (Å²) in [5.74, 6) is -0.0186. The van der Waals surface area contributed by atoms with E-state index in [4.69, 9.17) is 4.52 Å². The Kier molecular flexibility index (Phi) is 4.45. The number of hydrogen-bond acceptors (Lipinski definition) is 2. The van der Waals surface area contributed by atoms with Gasteiger partial charge in [0.05, 0.1) is 0 Å². The standard InChI is InChI=1S/C27H30NO2P/c1-4-5-20-26(2)27(3,21-14-8-6-9-15-21)30-31(26,22-16-10-7-11-17-22)24-19-13-12-18-23(24)25(29)28-31/h6-19H,4-5,20H2,1-3H3,(H,28,29). The topological polar surface area (TPSA) is 38.3 Å². The minimum absolute atomic E-state index is 0.0186. The molecule has 2 aliphatic heterocycles. The number of nitrogens with one attached hydrogen (secondary N) is 1.